The highest BCUT2D eigenvalue weighted by Gasteiger charge is 2.13. The number of nitrogens with zero attached hydrogens (tertiary/aromatic N) is 5. The molecule has 2 heterocycles. The number of nitrogens with one attached hydrogen (secondary N) is 1. The second-order valence-electron chi connectivity index (χ2n) is 6.03. The first kappa shape index (κ1) is 18.3. The zero-order valence-corrected chi connectivity index (χ0v) is 14.8. The minimum Gasteiger partial charge on any atom is -0.448 e. The number of fused-ring (bicyclic) bond motifs is 1. The van der Waals surface area contributed by atoms with Gasteiger partial charge < -0.3 is 9.64 Å². The van der Waals surface area contributed by atoms with Crippen LogP contribution in [-0.4, -0.2) is 52.8 Å². The van der Waals surface area contributed by atoms with Gasteiger partial charge in [0.15, 0.2) is 5.65 Å². The van der Waals surface area contributed by atoms with Crippen molar-refractivity contribution in [1.29, 1.82) is 5.26 Å². The number of carbonyl (C=O) groups is 1. The smallest absolute Gasteiger partial charge is 0.411 e. The highest BCUT2D eigenvalue weighted by molar-refractivity contribution is 5.86. The molecule has 1 N–H and O–H groups in total. The van der Waals surface area contributed by atoms with Gasteiger partial charge in [-0.3, -0.25) is 5.32 Å². The summed E-state index contributed by atoms with van der Waals surface area (Å²) in [6.45, 7) is 0.853. The SMILES string of the molecule is CN(C)CCOC(=O)Nc1cc(-c2ccc(C#N)c(F)c2)n2ncnc2c1. The van der Waals surface area contributed by atoms with E-state index in [0.29, 0.717) is 29.1 Å². The zero-order chi connectivity index (χ0) is 19.4. The van der Waals surface area contributed by atoms with E-state index in [0.717, 1.165) is 0 Å². The second-order valence-corrected chi connectivity index (χ2v) is 6.03. The van der Waals surface area contributed by atoms with Crippen LogP contribution in [0.5, 0.6) is 0 Å². The van der Waals surface area contributed by atoms with Crippen molar-refractivity contribution in [3.8, 4) is 17.3 Å². The Bertz CT molecular complexity index is 1020. The van der Waals surface area contributed by atoms with E-state index in [1.807, 2.05) is 19.0 Å². The normalized spacial score (nSPS) is 10.8. The quantitative estimate of drug-likeness (QED) is 0.743. The molecule has 0 spiro atoms. The van der Waals surface area contributed by atoms with Crippen LogP contribution in [0.2, 0.25) is 0 Å². The fourth-order valence-corrected chi connectivity index (χ4v) is 2.44. The molecule has 1 aromatic carbocycles. The first-order valence-corrected chi connectivity index (χ1v) is 8.10. The number of halogens is 1. The van der Waals surface area contributed by atoms with E-state index in [-0.39, 0.29) is 12.2 Å². The molecule has 3 aromatic rings. The molecule has 3 rings (SSSR count). The number of pyridine rings is 1. The van der Waals surface area contributed by atoms with E-state index in [9.17, 15) is 9.18 Å². The molecule has 1 amide bonds. The first-order valence-electron chi connectivity index (χ1n) is 8.10. The predicted octanol–water partition coefficient (Wildman–Crippen LogP) is 2.52. The van der Waals surface area contributed by atoms with Crippen molar-refractivity contribution >= 4 is 17.4 Å². The van der Waals surface area contributed by atoms with E-state index in [4.69, 9.17) is 10.00 Å². The third kappa shape index (κ3) is 4.19. The maximum atomic E-state index is 14.0. The number of amides is 1. The molecule has 0 aliphatic heterocycles. The summed E-state index contributed by atoms with van der Waals surface area (Å²) in [7, 11) is 3.76. The van der Waals surface area contributed by atoms with Gasteiger partial charge in [-0.05, 0) is 32.3 Å². The van der Waals surface area contributed by atoms with Gasteiger partial charge in [-0.2, -0.15) is 10.4 Å². The number of hydrogen-bond donors (Lipinski definition) is 1. The minimum absolute atomic E-state index is 0.0488. The lowest BCUT2D eigenvalue weighted by Crippen LogP contribution is -2.22. The van der Waals surface area contributed by atoms with Gasteiger partial charge in [0.1, 0.15) is 24.8 Å². The molecule has 9 heteroatoms. The van der Waals surface area contributed by atoms with Crippen LogP contribution in [0.25, 0.3) is 16.9 Å². The van der Waals surface area contributed by atoms with Crippen molar-refractivity contribution in [2.75, 3.05) is 32.6 Å². The van der Waals surface area contributed by atoms with Crippen LogP contribution in [0, 0.1) is 17.1 Å². The van der Waals surface area contributed by atoms with Gasteiger partial charge in [0.2, 0.25) is 0 Å². The van der Waals surface area contributed by atoms with Crippen LogP contribution < -0.4 is 5.32 Å². The molecule has 0 aliphatic carbocycles. The number of rotatable bonds is 5. The third-order valence-electron chi connectivity index (χ3n) is 3.78. The molecule has 0 bridgehead atoms. The number of benzene rings is 1. The zero-order valence-electron chi connectivity index (χ0n) is 14.8. The summed E-state index contributed by atoms with van der Waals surface area (Å²) < 4.78 is 20.6. The molecule has 0 fully saturated rings. The molecule has 0 atom stereocenters. The lowest BCUT2D eigenvalue weighted by atomic mass is 10.1. The van der Waals surface area contributed by atoms with Gasteiger partial charge in [0.05, 0.1) is 11.3 Å². The molecular formula is C18H17FN6O2. The highest BCUT2D eigenvalue weighted by atomic mass is 19.1. The first-order chi connectivity index (χ1) is 13.0. The Hall–Kier alpha value is -3.51. The fourth-order valence-electron chi connectivity index (χ4n) is 2.44. The summed E-state index contributed by atoms with van der Waals surface area (Å²) in [4.78, 5) is 18.0. The summed E-state index contributed by atoms with van der Waals surface area (Å²) >= 11 is 0. The summed E-state index contributed by atoms with van der Waals surface area (Å²) in [6, 6.07) is 9.29. The van der Waals surface area contributed by atoms with Gasteiger partial charge in [-0.25, -0.2) is 18.7 Å². The van der Waals surface area contributed by atoms with Gasteiger partial charge in [0.25, 0.3) is 0 Å². The van der Waals surface area contributed by atoms with E-state index in [1.165, 1.54) is 23.0 Å². The molecule has 8 nitrogen and oxygen atoms in total. The largest absolute Gasteiger partial charge is 0.448 e. The molecule has 2 aromatic heterocycles. The topological polar surface area (TPSA) is 95.5 Å². The van der Waals surface area contributed by atoms with E-state index in [2.05, 4.69) is 15.4 Å². The number of ether oxygens (including phenoxy) is 1. The number of carbonyl (C=O) groups excluding carboxylic acids is 1. The van der Waals surface area contributed by atoms with Gasteiger partial charge >= 0.3 is 6.09 Å². The van der Waals surface area contributed by atoms with Crippen LogP contribution in [0.15, 0.2) is 36.7 Å². The third-order valence-corrected chi connectivity index (χ3v) is 3.78. The molecule has 0 saturated heterocycles. The standard InChI is InChI=1S/C18H17FN6O2/c1-24(2)5-6-27-18(26)23-14-8-16(25-17(9-14)21-11-22-25)12-3-4-13(10-20)15(19)7-12/h3-4,7-9,11H,5-6H2,1-2H3,(H,23,26). The van der Waals surface area contributed by atoms with Crippen molar-refractivity contribution in [2.45, 2.75) is 0 Å². The molecule has 27 heavy (non-hydrogen) atoms. The predicted molar refractivity (Wildman–Crippen MR) is 96.6 cm³/mol. The van der Waals surface area contributed by atoms with Crippen LogP contribution in [0.1, 0.15) is 5.56 Å². The van der Waals surface area contributed by atoms with Gasteiger partial charge in [-0.15, -0.1) is 0 Å². The average molecular weight is 368 g/mol. The maximum Gasteiger partial charge on any atom is 0.411 e. The van der Waals surface area contributed by atoms with E-state index in [1.54, 1.807) is 24.3 Å². The lowest BCUT2D eigenvalue weighted by molar-refractivity contribution is 0.151. The summed E-state index contributed by atoms with van der Waals surface area (Å²) in [6.07, 6.45) is 0.760. The Balaban J connectivity index is 1.90. The van der Waals surface area contributed by atoms with Crippen molar-refractivity contribution in [3.05, 3.63) is 48.0 Å². The summed E-state index contributed by atoms with van der Waals surface area (Å²) in [5.74, 6) is -0.635. The van der Waals surface area contributed by atoms with Crippen molar-refractivity contribution < 1.29 is 13.9 Å². The Labute approximate surface area is 154 Å². The Kier molecular flexibility index (Phi) is 5.28. The fraction of sp³-hybridized carbons (Fsp3) is 0.222. The van der Waals surface area contributed by atoms with Gasteiger partial charge in [-0.1, -0.05) is 6.07 Å². The molecule has 0 saturated carbocycles. The van der Waals surface area contributed by atoms with Gasteiger partial charge in [0, 0.05) is 23.9 Å². The Morgan fingerprint density at radius 2 is 2.19 bits per heavy atom. The van der Waals surface area contributed by atoms with Crippen LogP contribution >= 0.6 is 0 Å². The number of aromatic nitrogens is 3. The Morgan fingerprint density at radius 1 is 1.37 bits per heavy atom. The molecule has 0 aliphatic rings. The lowest BCUT2D eigenvalue weighted by Gasteiger charge is -2.12. The molecular weight excluding hydrogens is 351 g/mol. The highest BCUT2D eigenvalue weighted by Crippen LogP contribution is 2.26. The van der Waals surface area contributed by atoms with Crippen molar-refractivity contribution in [3.63, 3.8) is 0 Å². The maximum absolute atomic E-state index is 14.0. The Morgan fingerprint density at radius 3 is 2.89 bits per heavy atom. The summed E-state index contributed by atoms with van der Waals surface area (Å²) in [5.41, 5.74) is 1.86. The number of nitriles is 1. The van der Waals surface area contributed by atoms with Crippen molar-refractivity contribution in [1.82, 2.24) is 19.5 Å². The number of likely N-dealkylation sites (N-methyl/N-ethyl adjacent to an activating group) is 1. The molecule has 0 radical (unpaired) electrons. The minimum atomic E-state index is -0.635. The summed E-state index contributed by atoms with van der Waals surface area (Å²) in [5, 5.41) is 15.6. The van der Waals surface area contributed by atoms with Crippen LogP contribution in [-0.2, 0) is 4.74 Å². The molecule has 0 unspecified atom stereocenters. The number of anilines is 1. The average Bonchev–Trinajstić information content (AvgIpc) is 3.09. The van der Waals surface area contributed by atoms with Crippen LogP contribution in [0.4, 0.5) is 14.9 Å². The monoisotopic (exact) mass is 368 g/mol. The van der Waals surface area contributed by atoms with Crippen molar-refractivity contribution in [2.24, 2.45) is 0 Å². The second kappa shape index (κ2) is 7.80. The van der Waals surface area contributed by atoms with E-state index >= 15 is 0 Å². The van der Waals surface area contributed by atoms with Crippen LogP contribution in [0.3, 0.4) is 0 Å². The van der Waals surface area contributed by atoms with E-state index < -0.39 is 11.9 Å². The molecule has 138 valence electrons. The number of hydrogen-bond acceptors (Lipinski definition) is 6.